The summed E-state index contributed by atoms with van der Waals surface area (Å²) in [6.07, 6.45) is 2.79. The van der Waals surface area contributed by atoms with Gasteiger partial charge in [0.15, 0.2) is 0 Å². The van der Waals surface area contributed by atoms with Gasteiger partial charge in [-0.05, 0) is 31.0 Å². The molecule has 0 radical (unpaired) electrons. The maximum Gasteiger partial charge on any atom is 0.142 e. The molecule has 2 heterocycles. The number of pyridine rings is 1. The standard InChI is InChI=1S/C15H21N3S/c1-4-12-14(10-16-9-11(2)3)19-15(18-12)13-7-5-6-8-17-13/h5-8,11,16H,4,9-10H2,1-3H3. The average molecular weight is 275 g/mol. The second-order valence-electron chi connectivity index (χ2n) is 4.98. The van der Waals surface area contributed by atoms with Crippen LogP contribution >= 0.6 is 11.3 Å². The number of thiazole rings is 1. The Bertz CT molecular complexity index is 505. The van der Waals surface area contributed by atoms with Crippen LogP contribution < -0.4 is 5.32 Å². The first-order valence-electron chi connectivity index (χ1n) is 6.81. The Balaban J connectivity index is 2.13. The number of nitrogens with zero attached hydrogens (tertiary/aromatic N) is 2. The van der Waals surface area contributed by atoms with E-state index in [9.17, 15) is 0 Å². The smallest absolute Gasteiger partial charge is 0.142 e. The van der Waals surface area contributed by atoms with Crippen molar-refractivity contribution < 1.29 is 0 Å². The molecule has 0 aromatic carbocycles. The van der Waals surface area contributed by atoms with Crippen LogP contribution in [0.1, 0.15) is 31.3 Å². The predicted octanol–water partition coefficient (Wildman–Crippen LogP) is 3.51. The second-order valence-corrected chi connectivity index (χ2v) is 6.07. The van der Waals surface area contributed by atoms with E-state index in [0.29, 0.717) is 5.92 Å². The third-order valence-corrected chi connectivity index (χ3v) is 3.96. The first-order chi connectivity index (χ1) is 9.20. The molecule has 0 spiro atoms. The van der Waals surface area contributed by atoms with E-state index in [1.54, 1.807) is 11.3 Å². The molecular weight excluding hydrogens is 254 g/mol. The number of rotatable bonds is 6. The number of hydrogen-bond acceptors (Lipinski definition) is 4. The third kappa shape index (κ3) is 3.85. The number of hydrogen-bond donors (Lipinski definition) is 1. The number of nitrogens with one attached hydrogen (secondary N) is 1. The lowest BCUT2D eigenvalue weighted by atomic mass is 10.2. The van der Waals surface area contributed by atoms with Gasteiger partial charge in [0.25, 0.3) is 0 Å². The molecule has 19 heavy (non-hydrogen) atoms. The van der Waals surface area contributed by atoms with Gasteiger partial charge in [-0.1, -0.05) is 26.8 Å². The highest BCUT2D eigenvalue weighted by molar-refractivity contribution is 7.15. The van der Waals surface area contributed by atoms with Crippen molar-refractivity contribution >= 4 is 11.3 Å². The van der Waals surface area contributed by atoms with Gasteiger partial charge in [-0.2, -0.15) is 0 Å². The van der Waals surface area contributed by atoms with E-state index in [4.69, 9.17) is 4.98 Å². The van der Waals surface area contributed by atoms with Crippen LogP contribution in [0.15, 0.2) is 24.4 Å². The first-order valence-corrected chi connectivity index (χ1v) is 7.63. The molecule has 0 unspecified atom stereocenters. The van der Waals surface area contributed by atoms with Crippen molar-refractivity contribution in [2.24, 2.45) is 5.92 Å². The molecule has 0 aliphatic carbocycles. The van der Waals surface area contributed by atoms with E-state index >= 15 is 0 Å². The lowest BCUT2D eigenvalue weighted by molar-refractivity contribution is 0.553. The van der Waals surface area contributed by atoms with Crippen LogP contribution in [0.4, 0.5) is 0 Å². The quantitative estimate of drug-likeness (QED) is 0.876. The largest absolute Gasteiger partial charge is 0.312 e. The predicted molar refractivity (Wildman–Crippen MR) is 81.3 cm³/mol. The van der Waals surface area contributed by atoms with Crippen LogP contribution in [0, 0.1) is 5.92 Å². The van der Waals surface area contributed by atoms with Crippen LogP contribution in [0.3, 0.4) is 0 Å². The molecule has 1 N–H and O–H groups in total. The zero-order valence-corrected chi connectivity index (χ0v) is 12.6. The third-order valence-electron chi connectivity index (χ3n) is 2.84. The Labute approximate surface area is 119 Å². The molecule has 4 heteroatoms. The average Bonchev–Trinajstić information content (AvgIpc) is 2.83. The van der Waals surface area contributed by atoms with Gasteiger partial charge in [0, 0.05) is 17.6 Å². The normalized spacial score (nSPS) is 11.2. The highest BCUT2D eigenvalue weighted by atomic mass is 32.1. The monoisotopic (exact) mass is 275 g/mol. The molecule has 0 amide bonds. The SMILES string of the molecule is CCc1nc(-c2ccccn2)sc1CNCC(C)C. The fourth-order valence-electron chi connectivity index (χ4n) is 1.87. The Morgan fingerprint density at radius 2 is 2.16 bits per heavy atom. The molecule has 0 saturated heterocycles. The summed E-state index contributed by atoms with van der Waals surface area (Å²) in [6.45, 7) is 8.55. The first kappa shape index (κ1) is 14.2. The van der Waals surface area contributed by atoms with E-state index in [0.717, 1.165) is 30.2 Å². The fourth-order valence-corrected chi connectivity index (χ4v) is 2.97. The van der Waals surface area contributed by atoms with Crippen LogP contribution in [0.25, 0.3) is 10.7 Å². The second kappa shape index (κ2) is 6.78. The van der Waals surface area contributed by atoms with Crippen LogP contribution in [-0.2, 0) is 13.0 Å². The van der Waals surface area contributed by atoms with Crippen molar-refractivity contribution in [3.8, 4) is 10.7 Å². The highest BCUT2D eigenvalue weighted by Gasteiger charge is 2.11. The lowest BCUT2D eigenvalue weighted by Gasteiger charge is -2.06. The molecule has 102 valence electrons. The minimum Gasteiger partial charge on any atom is -0.312 e. The van der Waals surface area contributed by atoms with Gasteiger partial charge >= 0.3 is 0 Å². The molecule has 0 aliphatic heterocycles. The fraction of sp³-hybridized carbons (Fsp3) is 0.467. The molecule has 2 rings (SSSR count). The summed E-state index contributed by atoms with van der Waals surface area (Å²) < 4.78 is 0. The topological polar surface area (TPSA) is 37.8 Å². The highest BCUT2D eigenvalue weighted by Crippen LogP contribution is 2.27. The van der Waals surface area contributed by atoms with E-state index in [1.165, 1.54) is 10.6 Å². The van der Waals surface area contributed by atoms with Crippen molar-refractivity contribution in [3.63, 3.8) is 0 Å². The lowest BCUT2D eigenvalue weighted by Crippen LogP contribution is -2.18. The molecule has 3 nitrogen and oxygen atoms in total. The van der Waals surface area contributed by atoms with Gasteiger partial charge in [-0.3, -0.25) is 4.98 Å². The van der Waals surface area contributed by atoms with Gasteiger partial charge < -0.3 is 5.32 Å². The van der Waals surface area contributed by atoms with Gasteiger partial charge in [0.05, 0.1) is 11.4 Å². The van der Waals surface area contributed by atoms with Crippen LogP contribution in [-0.4, -0.2) is 16.5 Å². The number of aromatic nitrogens is 2. The van der Waals surface area contributed by atoms with Crippen LogP contribution in [0.5, 0.6) is 0 Å². The van der Waals surface area contributed by atoms with E-state index in [-0.39, 0.29) is 0 Å². The van der Waals surface area contributed by atoms with E-state index < -0.39 is 0 Å². The van der Waals surface area contributed by atoms with Crippen molar-refractivity contribution in [1.29, 1.82) is 0 Å². The summed E-state index contributed by atoms with van der Waals surface area (Å²) in [5, 5.41) is 4.52. The summed E-state index contributed by atoms with van der Waals surface area (Å²) in [7, 11) is 0. The molecule has 2 aromatic rings. The maximum absolute atomic E-state index is 4.71. The summed E-state index contributed by atoms with van der Waals surface area (Å²) in [5.41, 5.74) is 2.17. The van der Waals surface area contributed by atoms with Gasteiger partial charge in [-0.25, -0.2) is 4.98 Å². The van der Waals surface area contributed by atoms with Crippen LogP contribution in [0.2, 0.25) is 0 Å². The minimum absolute atomic E-state index is 0.674. The molecule has 0 aliphatic rings. The molecular formula is C15H21N3S. The Hall–Kier alpha value is -1.26. The van der Waals surface area contributed by atoms with Gasteiger partial charge in [-0.15, -0.1) is 11.3 Å². The molecule has 2 aromatic heterocycles. The van der Waals surface area contributed by atoms with Gasteiger partial charge in [0.2, 0.25) is 0 Å². The minimum atomic E-state index is 0.674. The maximum atomic E-state index is 4.71. The zero-order chi connectivity index (χ0) is 13.7. The molecule has 0 fully saturated rings. The van der Waals surface area contributed by atoms with Crippen molar-refractivity contribution in [2.45, 2.75) is 33.7 Å². The summed E-state index contributed by atoms with van der Waals surface area (Å²) >= 11 is 1.75. The zero-order valence-electron chi connectivity index (χ0n) is 11.8. The van der Waals surface area contributed by atoms with Gasteiger partial charge in [0.1, 0.15) is 5.01 Å². The molecule has 0 bridgehead atoms. The summed E-state index contributed by atoms with van der Waals surface area (Å²) in [4.78, 5) is 10.4. The Morgan fingerprint density at radius 1 is 1.32 bits per heavy atom. The summed E-state index contributed by atoms with van der Waals surface area (Å²) in [5.74, 6) is 0.674. The number of aryl methyl sites for hydroxylation is 1. The van der Waals surface area contributed by atoms with E-state index in [1.807, 2.05) is 24.4 Å². The van der Waals surface area contributed by atoms with Crippen molar-refractivity contribution in [2.75, 3.05) is 6.54 Å². The van der Waals surface area contributed by atoms with Crippen molar-refractivity contribution in [1.82, 2.24) is 15.3 Å². The summed E-state index contributed by atoms with van der Waals surface area (Å²) in [6, 6.07) is 5.96. The molecule has 0 saturated carbocycles. The Kier molecular flexibility index (Phi) is 5.05. The van der Waals surface area contributed by atoms with E-state index in [2.05, 4.69) is 31.1 Å². The van der Waals surface area contributed by atoms with Crippen molar-refractivity contribution in [3.05, 3.63) is 35.0 Å². The Morgan fingerprint density at radius 3 is 2.79 bits per heavy atom. The molecule has 0 atom stereocenters.